The van der Waals surface area contributed by atoms with Gasteiger partial charge in [-0.2, -0.15) is 0 Å². The molecular formula is C25H28N6O4S. The Morgan fingerprint density at radius 1 is 1.00 bits per heavy atom. The van der Waals surface area contributed by atoms with Crippen LogP contribution in [0.15, 0.2) is 78.0 Å². The molecule has 1 aliphatic rings. The number of carbonyl (C=O) groups is 2. The van der Waals surface area contributed by atoms with Gasteiger partial charge in [0, 0.05) is 48.5 Å². The molecule has 11 heteroatoms. The molecule has 1 aliphatic heterocycles. The lowest BCUT2D eigenvalue weighted by atomic mass is 10.2. The minimum absolute atomic E-state index is 0.0221. The molecule has 0 aliphatic carbocycles. The Bertz CT molecular complexity index is 1290. The van der Waals surface area contributed by atoms with Crippen LogP contribution in [-0.4, -0.2) is 44.5 Å². The SMILES string of the molecule is O=C(NCc1cccnc1)Nc1ccc(NS(=O)(=O)c2cccc(C(=O)NCC3CCCN3)c2)cc1. The Morgan fingerprint density at radius 3 is 2.53 bits per heavy atom. The van der Waals surface area contributed by atoms with E-state index in [1.807, 2.05) is 6.07 Å². The van der Waals surface area contributed by atoms with E-state index >= 15 is 0 Å². The summed E-state index contributed by atoms with van der Waals surface area (Å²) >= 11 is 0. The van der Waals surface area contributed by atoms with Gasteiger partial charge in [-0.25, -0.2) is 13.2 Å². The fourth-order valence-corrected chi connectivity index (χ4v) is 4.85. The number of rotatable bonds is 9. The second-order valence-corrected chi connectivity index (χ2v) is 10.1. The lowest BCUT2D eigenvalue weighted by Crippen LogP contribution is -2.37. The average Bonchev–Trinajstić information content (AvgIpc) is 3.42. The van der Waals surface area contributed by atoms with E-state index < -0.39 is 16.1 Å². The summed E-state index contributed by atoms with van der Waals surface area (Å²) in [6, 6.07) is 15.6. The molecule has 0 saturated carbocycles. The summed E-state index contributed by atoms with van der Waals surface area (Å²) in [6.07, 6.45) is 5.40. The zero-order chi connectivity index (χ0) is 25.4. The molecule has 5 N–H and O–H groups in total. The largest absolute Gasteiger partial charge is 0.350 e. The number of nitrogens with zero attached hydrogens (tertiary/aromatic N) is 1. The zero-order valence-electron chi connectivity index (χ0n) is 19.5. The zero-order valence-corrected chi connectivity index (χ0v) is 20.3. The van der Waals surface area contributed by atoms with Crippen molar-refractivity contribution in [2.75, 3.05) is 23.1 Å². The van der Waals surface area contributed by atoms with Crippen LogP contribution in [0.2, 0.25) is 0 Å². The smallest absolute Gasteiger partial charge is 0.319 e. The molecule has 1 atom stereocenters. The highest BCUT2D eigenvalue weighted by Gasteiger charge is 2.18. The van der Waals surface area contributed by atoms with Gasteiger partial charge in [0.1, 0.15) is 0 Å². The third-order valence-electron chi connectivity index (χ3n) is 5.65. The van der Waals surface area contributed by atoms with Crippen LogP contribution < -0.4 is 26.0 Å². The number of nitrogens with one attached hydrogen (secondary N) is 5. The van der Waals surface area contributed by atoms with Crippen LogP contribution in [0.3, 0.4) is 0 Å². The molecule has 1 saturated heterocycles. The van der Waals surface area contributed by atoms with Gasteiger partial charge in [-0.3, -0.25) is 14.5 Å². The number of sulfonamides is 1. The van der Waals surface area contributed by atoms with Crippen molar-refractivity contribution >= 4 is 33.3 Å². The van der Waals surface area contributed by atoms with E-state index in [2.05, 4.69) is 31.0 Å². The third kappa shape index (κ3) is 7.03. The summed E-state index contributed by atoms with van der Waals surface area (Å²) in [7, 11) is -3.92. The highest BCUT2D eigenvalue weighted by Crippen LogP contribution is 2.19. The normalized spacial score (nSPS) is 15.2. The highest BCUT2D eigenvalue weighted by molar-refractivity contribution is 7.92. The first-order valence-electron chi connectivity index (χ1n) is 11.6. The average molecular weight is 509 g/mol. The Morgan fingerprint density at radius 2 is 1.81 bits per heavy atom. The van der Waals surface area contributed by atoms with Crippen LogP contribution >= 0.6 is 0 Å². The molecule has 188 valence electrons. The van der Waals surface area contributed by atoms with Crippen molar-refractivity contribution in [3.8, 4) is 0 Å². The van der Waals surface area contributed by atoms with Crippen LogP contribution in [0, 0.1) is 0 Å². The number of anilines is 2. The van der Waals surface area contributed by atoms with E-state index in [4.69, 9.17) is 0 Å². The molecule has 0 spiro atoms. The Kier molecular flexibility index (Phi) is 8.13. The quantitative estimate of drug-likeness (QED) is 0.301. The summed E-state index contributed by atoms with van der Waals surface area (Å²) in [5.74, 6) is -0.321. The third-order valence-corrected chi connectivity index (χ3v) is 7.03. The number of carbonyl (C=O) groups excluding carboxylic acids is 2. The van der Waals surface area contributed by atoms with Crippen molar-refractivity contribution in [1.29, 1.82) is 0 Å². The number of amides is 3. The topological polar surface area (TPSA) is 141 Å². The first-order valence-corrected chi connectivity index (χ1v) is 13.1. The maximum absolute atomic E-state index is 12.9. The van der Waals surface area contributed by atoms with Gasteiger partial charge in [-0.05, 0) is 73.5 Å². The van der Waals surface area contributed by atoms with Crippen molar-refractivity contribution in [2.24, 2.45) is 0 Å². The van der Waals surface area contributed by atoms with Gasteiger partial charge in [0.05, 0.1) is 4.90 Å². The lowest BCUT2D eigenvalue weighted by Gasteiger charge is -2.13. The van der Waals surface area contributed by atoms with Crippen LogP contribution in [0.4, 0.5) is 16.2 Å². The van der Waals surface area contributed by atoms with Crippen molar-refractivity contribution < 1.29 is 18.0 Å². The minimum Gasteiger partial charge on any atom is -0.350 e. The maximum atomic E-state index is 12.9. The fraction of sp³-hybridized carbons (Fsp3) is 0.240. The Balaban J connectivity index is 1.32. The van der Waals surface area contributed by atoms with Gasteiger partial charge in [0.15, 0.2) is 0 Å². The second kappa shape index (κ2) is 11.6. The monoisotopic (exact) mass is 508 g/mol. The predicted molar refractivity (Wildman–Crippen MR) is 137 cm³/mol. The number of hydrogen-bond donors (Lipinski definition) is 5. The number of benzene rings is 2. The number of pyridine rings is 1. The van der Waals surface area contributed by atoms with E-state index in [9.17, 15) is 18.0 Å². The lowest BCUT2D eigenvalue weighted by molar-refractivity contribution is 0.0950. The highest BCUT2D eigenvalue weighted by atomic mass is 32.2. The summed E-state index contributed by atoms with van der Waals surface area (Å²) < 4.78 is 28.3. The van der Waals surface area contributed by atoms with E-state index in [0.717, 1.165) is 24.9 Å². The number of urea groups is 1. The molecule has 1 fully saturated rings. The molecule has 0 radical (unpaired) electrons. The molecule has 3 aromatic rings. The Hall–Kier alpha value is -3.96. The molecule has 1 unspecified atom stereocenters. The van der Waals surface area contributed by atoms with Crippen molar-refractivity contribution in [3.05, 3.63) is 84.2 Å². The first kappa shape index (κ1) is 25.1. The van der Waals surface area contributed by atoms with Crippen molar-refractivity contribution in [3.63, 3.8) is 0 Å². The molecule has 2 aromatic carbocycles. The minimum atomic E-state index is -3.92. The van der Waals surface area contributed by atoms with Gasteiger partial charge in [0.2, 0.25) is 0 Å². The standard InChI is InChI=1S/C25H28N6O4S/c32-24(28-17-22-6-3-13-27-22)19-5-1-7-23(14-19)36(34,35)31-21-10-8-20(9-11-21)30-25(33)29-16-18-4-2-12-26-15-18/h1-2,4-5,7-12,14-15,22,27,31H,3,6,13,16-17H2,(H,28,32)(H2,29,30,33). The summed E-state index contributed by atoms with van der Waals surface area (Å²) in [5, 5.41) is 11.6. The second-order valence-electron chi connectivity index (χ2n) is 8.38. The summed E-state index contributed by atoms with van der Waals surface area (Å²) in [6.45, 7) is 1.76. The van der Waals surface area contributed by atoms with Gasteiger partial charge < -0.3 is 21.3 Å². The molecule has 4 rings (SSSR count). The van der Waals surface area contributed by atoms with E-state index in [1.54, 1.807) is 48.8 Å². The number of hydrogen-bond acceptors (Lipinski definition) is 6. The van der Waals surface area contributed by atoms with Crippen molar-refractivity contribution in [1.82, 2.24) is 20.9 Å². The molecule has 0 bridgehead atoms. The Labute approximate surface area is 210 Å². The summed E-state index contributed by atoms with van der Waals surface area (Å²) in [5.41, 5.74) is 1.95. The molecule has 2 heterocycles. The van der Waals surface area contributed by atoms with Gasteiger partial charge in [0.25, 0.3) is 15.9 Å². The van der Waals surface area contributed by atoms with Crippen LogP contribution in [-0.2, 0) is 16.6 Å². The van der Waals surface area contributed by atoms with E-state index in [0.29, 0.717) is 24.5 Å². The molecule has 1 aromatic heterocycles. The van der Waals surface area contributed by atoms with Gasteiger partial charge in [-0.1, -0.05) is 12.1 Å². The van der Waals surface area contributed by atoms with Gasteiger partial charge in [-0.15, -0.1) is 0 Å². The van der Waals surface area contributed by atoms with Crippen LogP contribution in [0.5, 0.6) is 0 Å². The summed E-state index contributed by atoms with van der Waals surface area (Å²) in [4.78, 5) is 28.6. The number of aromatic nitrogens is 1. The van der Waals surface area contributed by atoms with E-state index in [1.165, 1.54) is 18.2 Å². The van der Waals surface area contributed by atoms with E-state index in [-0.39, 0.29) is 22.4 Å². The fourth-order valence-electron chi connectivity index (χ4n) is 3.75. The molecule has 10 nitrogen and oxygen atoms in total. The molecule has 36 heavy (non-hydrogen) atoms. The van der Waals surface area contributed by atoms with Crippen molar-refractivity contribution in [2.45, 2.75) is 30.3 Å². The van der Waals surface area contributed by atoms with Crippen LogP contribution in [0.1, 0.15) is 28.8 Å². The van der Waals surface area contributed by atoms with Crippen LogP contribution in [0.25, 0.3) is 0 Å². The molecular weight excluding hydrogens is 480 g/mol. The van der Waals surface area contributed by atoms with Gasteiger partial charge >= 0.3 is 6.03 Å². The first-order chi connectivity index (χ1) is 17.4. The maximum Gasteiger partial charge on any atom is 0.319 e. The predicted octanol–water partition coefficient (Wildman–Crippen LogP) is 2.69. The molecule has 3 amide bonds.